The Morgan fingerprint density at radius 3 is 2.84 bits per heavy atom. The van der Waals surface area contributed by atoms with Crippen LogP contribution in [0, 0.1) is 6.92 Å². The summed E-state index contributed by atoms with van der Waals surface area (Å²) in [5.74, 6) is 1.54. The third kappa shape index (κ3) is 3.81. The molecule has 19 heavy (non-hydrogen) atoms. The highest BCUT2D eigenvalue weighted by Gasteiger charge is 2.11. The second kappa shape index (κ2) is 5.35. The zero-order chi connectivity index (χ0) is 14.0. The van der Waals surface area contributed by atoms with E-state index >= 15 is 0 Å². The molecule has 0 aliphatic heterocycles. The second-order valence-electron chi connectivity index (χ2n) is 5.50. The molecule has 0 spiro atoms. The monoisotopic (exact) mass is 277 g/mol. The van der Waals surface area contributed by atoms with E-state index in [1.165, 1.54) is 0 Å². The second-order valence-corrected chi connectivity index (χ2v) is 6.49. The van der Waals surface area contributed by atoms with Crippen LogP contribution < -0.4 is 11.3 Å². The number of nitrogens with two attached hydrogens (primary N) is 1. The lowest BCUT2D eigenvalue weighted by Crippen LogP contribution is -2.34. The lowest BCUT2D eigenvalue weighted by atomic mass is 10.1. The highest BCUT2D eigenvalue weighted by molar-refractivity contribution is 7.98. The van der Waals surface area contributed by atoms with E-state index in [-0.39, 0.29) is 11.1 Å². The van der Waals surface area contributed by atoms with Crippen LogP contribution in [-0.2, 0) is 5.75 Å². The molecule has 0 atom stereocenters. The first-order chi connectivity index (χ1) is 8.85. The molecule has 4 nitrogen and oxygen atoms in total. The van der Waals surface area contributed by atoms with Crippen LogP contribution in [0.2, 0.25) is 0 Å². The number of fused-ring (bicyclic) bond motifs is 1. The maximum Gasteiger partial charge on any atom is 0.258 e. The van der Waals surface area contributed by atoms with Gasteiger partial charge in [-0.1, -0.05) is 6.07 Å². The van der Waals surface area contributed by atoms with Crippen molar-refractivity contribution in [1.29, 1.82) is 0 Å². The lowest BCUT2D eigenvalue weighted by molar-refractivity contribution is 0.591. The predicted octanol–water partition coefficient (Wildman–Crippen LogP) is 1.97. The largest absolute Gasteiger partial charge is 0.325 e. The molecule has 0 radical (unpaired) electrons. The number of thioether (sulfide) groups is 1. The fraction of sp³-hybridized carbons (Fsp3) is 0.429. The van der Waals surface area contributed by atoms with Crippen molar-refractivity contribution in [3.05, 3.63) is 46.0 Å². The van der Waals surface area contributed by atoms with E-state index in [0.29, 0.717) is 11.4 Å². The predicted molar refractivity (Wildman–Crippen MR) is 80.6 cm³/mol. The SMILES string of the molecule is Cc1ccc2nc(CSCC(C)(C)N)cc(=O)n2c1. The van der Waals surface area contributed by atoms with Gasteiger partial charge in [0.15, 0.2) is 0 Å². The van der Waals surface area contributed by atoms with Gasteiger partial charge in [0.25, 0.3) is 5.56 Å². The molecule has 0 saturated heterocycles. The summed E-state index contributed by atoms with van der Waals surface area (Å²) in [6.07, 6.45) is 1.81. The summed E-state index contributed by atoms with van der Waals surface area (Å²) < 4.78 is 1.58. The summed E-state index contributed by atoms with van der Waals surface area (Å²) in [5.41, 5.74) is 8.25. The standard InChI is InChI=1S/C14H19N3OS/c1-10-4-5-12-16-11(6-13(18)17(12)7-10)8-19-9-14(2,3)15/h4-7H,8-9,15H2,1-3H3. The van der Waals surface area contributed by atoms with Gasteiger partial charge in [-0.25, -0.2) is 4.98 Å². The van der Waals surface area contributed by atoms with Crippen LogP contribution in [0.4, 0.5) is 0 Å². The minimum absolute atomic E-state index is 0.0312. The van der Waals surface area contributed by atoms with Crippen LogP contribution in [0.25, 0.3) is 5.65 Å². The van der Waals surface area contributed by atoms with Gasteiger partial charge in [0.05, 0.1) is 5.69 Å². The van der Waals surface area contributed by atoms with Gasteiger partial charge in [-0.3, -0.25) is 9.20 Å². The van der Waals surface area contributed by atoms with Crippen LogP contribution in [0.3, 0.4) is 0 Å². The summed E-state index contributed by atoms with van der Waals surface area (Å²) in [4.78, 5) is 16.5. The zero-order valence-electron chi connectivity index (χ0n) is 11.5. The summed E-state index contributed by atoms with van der Waals surface area (Å²) in [7, 11) is 0. The fourth-order valence-corrected chi connectivity index (χ4v) is 2.74. The summed E-state index contributed by atoms with van der Waals surface area (Å²) >= 11 is 1.70. The van der Waals surface area contributed by atoms with Gasteiger partial charge in [-0.05, 0) is 32.4 Å². The fourth-order valence-electron chi connectivity index (χ4n) is 1.75. The van der Waals surface area contributed by atoms with Crippen molar-refractivity contribution in [2.45, 2.75) is 32.1 Å². The molecular weight excluding hydrogens is 258 g/mol. The average Bonchev–Trinajstić information content (AvgIpc) is 2.28. The van der Waals surface area contributed by atoms with Crippen LogP contribution in [0.15, 0.2) is 29.2 Å². The number of rotatable bonds is 4. The third-order valence-corrected chi connectivity index (χ3v) is 4.03. The molecule has 0 unspecified atom stereocenters. The molecule has 2 rings (SSSR count). The maximum absolute atomic E-state index is 12.0. The Balaban J connectivity index is 2.22. The van der Waals surface area contributed by atoms with Gasteiger partial charge in [-0.2, -0.15) is 11.8 Å². The van der Waals surface area contributed by atoms with Gasteiger partial charge in [0, 0.05) is 29.3 Å². The molecule has 2 heterocycles. The Bertz CT molecular complexity index is 643. The van der Waals surface area contributed by atoms with Gasteiger partial charge < -0.3 is 5.73 Å². The molecule has 5 heteroatoms. The van der Waals surface area contributed by atoms with Gasteiger partial charge in [-0.15, -0.1) is 0 Å². The van der Waals surface area contributed by atoms with Crippen molar-refractivity contribution in [3.63, 3.8) is 0 Å². The molecule has 0 aliphatic carbocycles. The van der Waals surface area contributed by atoms with Crippen molar-refractivity contribution in [1.82, 2.24) is 9.38 Å². The van der Waals surface area contributed by atoms with E-state index < -0.39 is 0 Å². The maximum atomic E-state index is 12.0. The normalized spacial score (nSPS) is 12.0. The van der Waals surface area contributed by atoms with E-state index in [9.17, 15) is 4.79 Å². The summed E-state index contributed by atoms with van der Waals surface area (Å²) in [6.45, 7) is 5.94. The van der Waals surface area contributed by atoms with Crippen LogP contribution >= 0.6 is 11.8 Å². The number of aromatic nitrogens is 2. The van der Waals surface area contributed by atoms with E-state index in [1.807, 2.05) is 39.1 Å². The highest BCUT2D eigenvalue weighted by Crippen LogP contribution is 2.15. The van der Waals surface area contributed by atoms with Crippen molar-refractivity contribution in [3.8, 4) is 0 Å². The minimum atomic E-state index is -0.201. The first kappa shape index (κ1) is 14.1. The molecule has 2 N–H and O–H groups in total. The van der Waals surface area contributed by atoms with Gasteiger partial charge >= 0.3 is 0 Å². The molecule has 0 saturated carbocycles. The number of nitrogens with zero attached hydrogens (tertiary/aromatic N) is 2. The quantitative estimate of drug-likeness (QED) is 0.928. The van der Waals surface area contributed by atoms with Crippen molar-refractivity contribution in [2.75, 3.05) is 5.75 Å². The Labute approximate surface area is 117 Å². The molecule has 2 aromatic rings. The topological polar surface area (TPSA) is 60.4 Å². The molecular formula is C14H19N3OS. The third-order valence-electron chi connectivity index (χ3n) is 2.58. The van der Waals surface area contributed by atoms with E-state index in [2.05, 4.69) is 4.98 Å². The van der Waals surface area contributed by atoms with Crippen LogP contribution in [-0.4, -0.2) is 20.7 Å². The van der Waals surface area contributed by atoms with Crippen LogP contribution in [0.1, 0.15) is 25.1 Å². The number of aryl methyl sites for hydroxylation is 1. The summed E-state index contributed by atoms with van der Waals surface area (Å²) in [6, 6.07) is 5.43. The molecule has 2 aromatic heterocycles. The van der Waals surface area contributed by atoms with Gasteiger partial charge in [0.2, 0.25) is 0 Å². The molecule has 0 aliphatic rings. The highest BCUT2D eigenvalue weighted by atomic mass is 32.2. The average molecular weight is 277 g/mol. The smallest absolute Gasteiger partial charge is 0.258 e. The molecule has 0 fully saturated rings. The lowest BCUT2D eigenvalue weighted by Gasteiger charge is -2.17. The van der Waals surface area contributed by atoms with Crippen molar-refractivity contribution in [2.24, 2.45) is 5.73 Å². The Kier molecular flexibility index (Phi) is 3.96. The zero-order valence-corrected chi connectivity index (χ0v) is 12.3. The minimum Gasteiger partial charge on any atom is -0.325 e. The molecule has 0 aromatic carbocycles. The van der Waals surface area contributed by atoms with Gasteiger partial charge in [0.1, 0.15) is 5.65 Å². The first-order valence-electron chi connectivity index (χ1n) is 6.21. The number of hydrogen-bond donors (Lipinski definition) is 1. The number of hydrogen-bond acceptors (Lipinski definition) is 4. The van der Waals surface area contributed by atoms with E-state index in [0.717, 1.165) is 17.0 Å². The first-order valence-corrected chi connectivity index (χ1v) is 7.36. The van der Waals surface area contributed by atoms with Crippen molar-refractivity contribution >= 4 is 17.4 Å². The molecule has 0 amide bonds. The summed E-state index contributed by atoms with van der Waals surface area (Å²) in [5, 5.41) is 0. The van der Waals surface area contributed by atoms with E-state index in [4.69, 9.17) is 5.73 Å². The number of pyridine rings is 1. The Hall–Kier alpha value is -1.33. The molecule has 0 bridgehead atoms. The Morgan fingerprint density at radius 1 is 1.42 bits per heavy atom. The van der Waals surface area contributed by atoms with E-state index in [1.54, 1.807) is 22.2 Å². The van der Waals surface area contributed by atoms with Crippen molar-refractivity contribution < 1.29 is 0 Å². The Morgan fingerprint density at radius 2 is 2.16 bits per heavy atom. The van der Waals surface area contributed by atoms with Crippen LogP contribution in [0.5, 0.6) is 0 Å². The molecule has 102 valence electrons.